The Balaban J connectivity index is 1.18. The zero-order valence-corrected chi connectivity index (χ0v) is 20.4. The second-order valence-electron chi connectivity index (χ2n) is 8.29. The second-order valence-corrected chi connectivity index (χ2v) is 9.24. The summed E-state index contributed by atoms with van der Waals surface area (Å²) >= 11 is 1.17. The average molecular weight is 510 g/mol. The number of benzene rings is 2. The molecule has 36 heavy (non-hydrogen) atoms. The predicted molar refractivity (Wildman–Crippen MR) is 133 cm³/mol. The molecule has 0 radical (unpaired) electrons. The topological polar surface area (TPSA) is 89.3 Å². The van der Waals surface area contributed by atoms with Gasteiger partial charge < -0.3 is 14.4 Å². The summed E-state index contributed by atoms with van der Waals surface area (Å²) in [6, 6.07) is 14.9. The molecule has 1 fully saturated rings. The van der Waals surface area contributed by atoms with E-state index in [9.17, 15) is 14.0 Å². The smallest absolute Gasteiger partial charge is 0.275 e. The van der Waals surface area contributed by atoms with Gasteiger partial charge in [0, 0.05) is 44.4 Å². The monoisotopic (exact) mass is 509 g/mol. The average Bonchev–Trinajstić information content (AvgIpc) is 3.33. The molecule has 2 aromatic heterocycles. The van der Waals surface area contributed by atoms with Crippen LogP contribution in [-0.4, -0.2) is 70.2 Å². The maximum absolute atomic E-state index is 14.2. The van der Waals surface area contributed by atoms with Gasteiger partial charge in [0.1, 0.15) is 17.3 Å². The standard InChI is InChI=1S/C25H24FN5O4S/c1-34-18-6-8-19(9-7-18)35-16-23(33)30-12-10-29(11-13-30)15-17-14-22(32)31-25(27-17)36-24(28-31)20-4-2-3-5-21(20)26/h2-9,14H,10-13,15-16H2,1H3. The summed E-state index contributed by atoms with van der Waals surface area (Å²) in [5, 5.41) is 4.65. The van der Waals surface area contributed by atoms with Crippen LogP contribution in [0, 0.1) is 5.82 Å². The largest absolute Gasteiger partial charge is 0.497 e. The van der Waals surface area contributed by atoms with Crippen molar-refractivity contribution in [1.29, 1.82) is 0 Å². The number of ether oxygens (including phenoxy) is 2. The van der Waals surface area contributed by atoms with Crippen LogP contribution >= 0.6 is 11.3 Å². The molecule has 3 heterocycles. The molecule has 1 amide bonds. The van der Waals surface area contributed by atoms with Crippen LogP contribution in [0.2, 0.25) is 0 Å². The first-order valence-corrected chi connectivity index (χ1v) is 12.2. The summed E-state index contributed by atoms with van der Waals surface area (Å²) < 4.78 is 26.1. The lowest BCUT2D eigenvalue weighted by molar-refractivity contribution is -0.135. The van der Waals surface area contributed by atoms with Gasteiger partial charge in [-0.15, -0.1) is 0 Å². The van der Waals surface area contributed by atoms with Crippen LogP contribution < -0.4 is 15.0 Å². The third-order valence-corrected chi connectivity index (χ3v) is 6.88. The van der Waals surface area contributed by atoms with Crippen molar-refractivity contribution in [3.8, 4) is 22.1 Å². The Morgan fingerprint density at radius 1 is 1.06 bits per heavy atom. The Hall–Kier alpha value is -3.83. The molecule has 5 rings (SSSR count). The van der Waals surface area contributed by atoms with E-state index in [1.54, 1.807) is 54.5 Å². The first-order valence-electron chi connectivity index (χ1n) is 11.4. The number of hydrogen-bond acceptors (Lipinski definition) is 8. The van der Waals surface area contributed by atoms with E-state index in [0.29, 0.717) is 59.7 Å². The highest BCUT2D eigenvalue weighted by Gasteiger charge is 2.22. The predicted octanol–water partition coefficient (Wildman–Crippen LogP) is 2.69. The van der Waals surface area contributed by atoms with Gasteiger partial charge in [0.25, 0.3) is 11.5 Å². The molecular formula is C25H24FN5O4S. The number of carbonyl (C=O) groups is 1. The molecule has 1 aliphatic rings. The van der Waals surface area contributed by atoms with E-state index in [2.05, 4.69) is 15.0 Å². The van der Waals surface area contributed by atoms with Crippen molar-refractivity contribution in [2.24, 2.45) is 0 Å². The Morgan fingerprint density at radius 2 is 1.78 bits per heavy atom. The summed E-state index contributed by atoms with van der Waals surface area (Å²) in [5.41, 5.74) is 0.649. The lowest BCUT2D eigenvalue weighted by atomic mass is 10.2. The van der Waals surface area contributed by atoms with Gasteiger partial charge in [0.05, 0.1) is 12.8 Å². The second kappa shape index (κ2) is 10.4. The van der Waals surface area contributed by atoms with E-state index >= 15 is 0 Å². The number of nitrogens with zero attached hydrogens (tertiary/aromatic N) is 5. The Bertz CT molecular complexity index is 1430. The molecule has 0 spiro atoms. The Kier molecular flexibility index (Phi) is 6.92. The van der Waals surface area contributed by atoms with Crippen LogP contribution in [0.4, 0.5) is 4.39 Å². The first kappa shape index (κ1) is 23.9. The molecule has 0 bridgehead atoms. The van der Waals surface area contributed by atoms with Gasteiger partial charge in [-0.3, -0.25) is 14.5 Å². The highest BCUT2D eigenvalue weighted by atomic mass is 32.1. The number of fused-ring (bicyclic) bond motifs is 1. The van der Waals surface area contributed by atoms with Crippen molar-refractivity contribution in [1.82, 2.24) is 24.4 Å². The molecule has 9 nitrogen and oxygen atoms in total. The molecule has 0 N–H and O–H groups in total. The summed E-state index contributed by atoms with van der Waals surface area (Å²) in [5.74, 6) is 0.860. The van der Waals surface area contributed by atoms with Gasteiger partial charge in [-0.2, -0.15) is 9.61 Å². The van der Waals surface area contributed by atoms with Crippen LogP contribution in [0.5, 0.6) is 11.5 Å². The summed E-state index contributed by atoms with van der Waals surface area (Å²) in [6.07, 6.45) is 0. The number of amides is 1. The molecule has 4 aromatic rings. The van der Waals surface area contributed by atoms with Crippen molar-refractivity contribution < 1.29 is 18.7 Å². The van der Waals surface area contributed by atoms with Crippen LogP contribution in [0.1, 0.15) is 5.69 Å². The molecular weight excluding hydrogens is 485 g/mol. The lowest BCUT2D eigenvalue weighted by Crippen LogP contribution is -2.49. The van der Waals surface area contributed by atoms with E-state index in [0.717, 1.165) is 5.75 Å². The SMILES string of the molecule is COc1ccc(OCC(=O)N2CCN(Cc3cc(=O)n4nc(-c5ccccc5F)sc4n3)CC2)cc1. The number of carbonyl (C=O) groups excluding carboxylic acids is 1. The van der Waals surface area contributed by atoms with Crippen LogP contribution in [0.15, 0.2) is 59.4 Å². The Labute approximate surface area is 210 Å². The van der Waals surface area contributed by atoms with Crippen molar-refractivity contribution >= 4 is 22.2 Å². The van der Waals surface area contributed by atoms with Crippen molar-refractivity contribution in [3.63, 3.8) is 0 Å². The maximum atomic E-state index is 14.2. The van der Waals surface area contributed by atoms with Gasteiger partial charge in [-0.05, 0) is 36.4 Å². The fraction of sp³-hybridized carbons (Fsp3) is 0.280. The minimum atomic E-state index is -0.397. The summed E-state index contributed by atoms with van der Waals surface area (Å²) in [6.45, 7) is 2.87. The zero-order chi connectivity index (χ0) is 25.1. The number of piperazine rings is 1. The third-order valence-electron chi connectivity index (χ3n) is 5.93. The fourth-order valence-electron chi connectivity index (χ4n) is 3.97. The third kappa shape index (κ3) is 5.21. The Morgan fingerprint density at radius 3 is 2.50 bits per heavy atom. The van der Waals surface area contributed by atoms with Crippen molar-refractivity contribution in [3.05, 3.63) is 76.5 Å². The van der Waals surface area contributed by atoms with Crippen molar-refractivity contribution in [2.45, 2.75) is 6.54 Å². The molecule has 0 aliphatic carbocycles. The van der Waals surface area contributed by atoms with Crippen LogP contribution in [0.3, 0.4) is 0 Å². The van der Waals surface area contributed by atoms with Gasteiger partial charge in [-0.25, -0.2) is 9.37 Å². The minimum Gasteiger partial charge on any atom is -0.497 e. The molecule has 1 aliphatic heterocycles. The minimum absolute atomic E-state index is 0.0307. The highest BCUT2D eigenvalue weighted by Crippen LogP contribution is 2.26. The molecule has 0 saturated carbocycles. The van der Waals surface area contributed by atoms with Gasteiger partial charge in [0.15, 0.2) is 11.6 Å². The normalized spacial score (nSPS) is 14.2. The number of halogens is 1. The molecule has 2 aromatic carbocycles. The van der Waals surface area contributed by atoms with Gasteiger partial charge in [0.2, 0.25) is 4.96 Å². The number of aromatic nitrogens is 3. The zero-order valence-electron chi connectivity index (χ0n) is 19.6. The van der Waals surface area contributed by atoms with E-state index in [1.807, 2.05) is 0 Å². The van der Waals surface area contributed by atoms with E-state index in [4.69, 9.17) is 9.47 Å². The fourth-order valence-corrected chi connectivity index (χ4v) is 4.92. The quantitative estimate of drug-likeness (QED) is 0.379. The number of rotatable bonds is 7. The number of methoxy groups -OCH3 is 1. The van der Waals surface area contributed by atoms with Gasteiger partial charge >= 0.3 is 0 Å². The first-order chi connectivity index (χ1) is 17.5. The van der Waals surface area contributed by atoms with Gasteiger partial charge in [-0.1, -0.05) is 23.5 Å². The maximum Gasteiger partial charge on any atom is 0.275 e. The molecule has 11 heteroatoms. The molecule has 186 valence electrons. The van der Waals surface area contributed by atoms with Crippen LogP contribution in [-0.2, 0) is 11.3 Å². The van der Waals surface area contributed by atoms with E-state index < -0.39 is 5.82 Å². The summed E-state index contributed by atoms with van der Waals surface area (Å²) in [7, 11) is 1.59. The highest BCUT2D eigenvalue weighted by molar-refractivity contribution is 7.19. The molecule has 1 saturated heterocycles. The number of hydrogen-bond donors (Lipinski definition) is 0. The van der Waals surface area contributed by atoms with Crippen molar-refractivity contribution in [2.75, 3.05) is 39.9 Å². The van der Waals surface area contributed by atoms with E-state index in [1.165, 1.54) is 28.0 Å². The lowest BCUT2D eigenvalue weighted by Gasteiger charge is -2.34. The summed E-state index contributed by atoms with van der Waals surface area (Å²) in [4.78, 5) is 34.1. The van der Waals surface area contributed by atoms with E-state index in [-0.39, 0.29) is 18.1 Å². The molecule has 0 unspecified atom stereocenters. The molecule has 0 atom stereocenters. The van der Waals surface area contributed by atoms with Crippen LogP contribution in [0.25, 0.3) is 15.5 Å².